The van der Waals surface area contributed by atoms with E-state index in [1.165, 1.54) is 6.20 Å². The number of carbonyl (C=O) groups excluding carboxylic acids is 6. The molecule has 7 atom stereocenters. The summed E-state index contributed by atoms with van der Waals surface area (Å²) in [6.07, 6.45) is -3.13. The van der Waals surface area contributed by atoms with Crippen molar-refractivity contribution in [3.8, 4) is 0 Å². The Balaban J connectivity index is 1.86. The highest BCUT2D eigenvalue weighted by Gasteiger charge is 2.35. The van der Waals surface area contributed by atoms with E-state index in [1.54, 1.807) is 54.6 Å². The smallest absolute Gasteiger partial charge is 0.326 e. The van der Waals surface area contributed by atoms with Crippen molar-refractivity contribution in [1.82, 2.24) is 36.9 Å². The number of H-pyrrole nitrogens is 1. The Hall–Kier alpha value is -7.89. The second-order valence-electron chi connectivity index (χ2n) is 14.5. The van der Waals surface area contributed by atoms with Gasteiger partial charge in [0.25, 0.3) is 0 Å². The fourth-order valence-corrected chi connectivity index (χ4v) is 6.11. The molecule has 0 bridgehead atoms. The zero-order valence-electron chi connectivity index (χ0n) is 34.1. The fraction of sp³-hybridized carbons (Fsp3) is 0.375. The summed E-state index contributed by atoms with van der Waals surface area (Å²) in [5.41, 5.74) is 7.17. The van der Waals surface area contributed by atoms with Gasteiger partial charge in [0.15, 0.2) is 0 Å². The van der Waals surface area contributed by atoms with Crippen LogP contribution >= 0.6 is 0 Å². The van der Waals surface area contributed by atoms with Crippen molar-refractivity contribution in [3.63, 3.8) is 0 Å². The first-order valence-electron chi connectivity index (χ1n) is 19.4. The van der Waals surface area contributed by atoms with Crippen molar-refractivity contribution in [1.29, 1.82) is 0 Å². The van der Waals surface area contributed by atoms with Crippen molar-refractivity contribution < 1.29 is 78.3 Å². The third kappa shape index (κ3) is 16.2. The van der Waals surface area contributed by atoms with Crippen LogP contribution in [0.25, 0.3) is 10.9 Å². The van der Waals surface area contributed by atoms with Crippen molar-refractivity contribution >= 4 is 76.2 Å². The average Bonchev–Trinajstić information content (AvgIpc) is 3.63. The topological polar surface area (TPSA) is 403 Å². The maximum Gasteiger partial charge on any atom is 0.326 e. The summed E-state index contributed by atoms with van der Waals surface area (Å²) in [7, 11) is 0. The van der Waals surface area contributed by atoms with Crippen LogP contribution in [0.4, 0.5) is 0 Å². The largest absolute Gasteiger partial charge is 0.481 e. The summed E-state index contributed by atoms with van der Waals surface area (Å²) in [4.78, 5) is 141. The molecule has 24 nitrogen and oxygen atoms in total. The third-order valence-electron chi connectivity index (χ3n) is 9.42. The van der Waals surface area contributed by atoms with Crippen LogP contribution in [0.2, 0.25) is 0 Å². The normalized spacial score (nSPS) is 14.2. The molecule has 3 rings (SSSR count). The highest BCUT2D eigenvalue weighted by Crippen LogP contribution is 2.20. The van der Waals surface area contributed by atoms with Crippen molar-refractivity contribution in [2.45, 2.75) is 94.2 Å². The SMILES string of the molecule is C[C@H](NC(=O)[C@H](CC(=O)O)NC(=O)[C@@H](N)CCC(=O)O)C(=O)N[C@@H](CC(=O)O)C(=O)N[C@@H](Cc1c[nH]c2ccccc12)C(=O)N[C@@H](CC(=O)O)C(=O)N[C@@H](Cc1ccccc1)C(=O)O. The second kappa shape index (κ2) is 23.9. The number of benzene rings is 2. The number of aromatic nitrogens is 1. The minimum atomic E-state index is -1.98. The van der Waals surface area contributed by atoms with E-state index in [2.05, 4.69) is 36.9 Å². The van der Waals surface area contributed by atoms with Gasteiger partial charge >= 0.3 is 29.8 Å². The lowest BCUT2D eigenvalue weighted by Crippen LogP contribution is -2.60. The first-order valence-corrected chi connectivity index (χ1v) is 19.4. The Morgan fingerprint density at radius 3 is 1.52 bits per heavy atom. The monoisotopic (exact) mass is 896 g/mol. The van der Waals surface area contributed by atoms with Crippen LogP contribution < -0.4 is 37.6 Å². The van der Waals surface area contributed by atoms with Crippen LogP contribution in [0.15, 0.2) is 60.8 Å². The summed E-state index contributed by atoms with van der Waals surface area (Å²) in [6.45, 7) is 1.07. The zero-order valence-corrected chi connectivity index (χ0v) is 34.1. The summed E-state index contributed by atoms with van der Waals surface area (Å²) in [5, 5.41) is 60.9. The first kappa shape index (κ1) is 50.5. The Morgan fingerprint density at radius 1 is 0.531 bits per heavy atom. The molecule has 2 aromatic carbocycles. The molecule has 0 aliphatic rings. The lowest BCUT2D eigenvalue weighted by Gasteiger charge is -2.26. The summed E-state index contributed by atoms with van der Waals surface area (Å²) < 4.78 is 0. The molecule has 0 saturated carbocycles. The van der Waals surface area contributed by atoms with Crippen molar-refractivity contribution in [2.24, 2.45) is 5.73 Å². The molecule has 0 radical (unpaired) electrons. The number of fused-ring (bicyclic) bond motifs is 1. The average molecular weight is 897 g/mol. The fourth-order valence-electron chi connectivity index (χ4n) is 6.11. The van der Waals surface area contributed by atoms with E-state index in [4.69, 9.17) is 10.8 Å². The maximum absolute atomic E-state index is 14.0. The van der Waals surface area contributed by atoms with Gasteiger partial charge in [0, 0.05) is 36.4 Å². The summed E-state index contributed by atoms with van der Waals surface area (Å²) in [5.74, 6) is -14.7. The Kier molecular flexibility index (Phi) is 18.9. The Bertz CT molecular complexity index is 2230. The van der Waals surface area contributed by atoms with Crippen LogP contribution in [0, 0.1) is 0 Å². The lowest BCUT2D eigenvalue weighted by molar-refractivity contribution is -0.144. The van der Waals surface area contributed by atoms with Gasteiger partial charge in [-0.2, -0.15) is 0 Å². The van der Waals surface area contributed by atoms with Crippen molar-refractivity contribution in [2.75, 3.05) is 0 Å². The minimum absolute atomic E-state index is 0.210. The number of para-hydroxylation sites is 1. The standard InChI is InChI=1S/C40H48N8O16/c1-19(43-36(59)26(15-31(51)52)45-35(58)23(41)11-12-30(49)50)34(57)44-27(16-32(53)54)38(61)46-25(14-21-18-42-24-10-6-5-9-22(21)24)37(60)47-28(17-33(55)56)39(62)48-29(40(63)64)13-20-7-3-2-4-8-20/h2-10,18-19,23,25-29,42H,11-17,41H2,1H3,(H,43,59)(H,44,57)(H,45,58)(H,46,61)(H,47,60)(H,48,62)(H,49,50)(H,51,52)(H,53,54)(H,55,56)(H,63,64)/t19-,23-,25-,26-,27-,28-,29-/m0/s1. The molecule has 0 spiro atoms. The number of rotatable bonds is 26. The number of hydrogen-bond acceptors (Lipinski definition) is 12. The molecule has 0 unspecified atom stereocenters. The van der Waals surface area contributed by atoms with Crippen LogP contribution in [0.3, 0.4) is 0 Å². The summed E-state index contributed by atoms with van der Waals surface area (Å²) >= 11 is 0. The zero-order chi connectivity index (χ0) is 47.7. The summed E-state index contributed by atoms with van der Waals surface area (Å²) in [6, 6.07) is 2.80. The van der Waals surface area contributed by atoms with E-state index in [0.29, 0.717) is 22.0 Å². The quantitative estimate of drug-likeness (QED) is 0.0399. The predicted molar refractivity (Wildman–Crippen MR) is 219 cm³/mol. The number of nitrogens with one attached hydrogen (secondary N) is 7. The molecular weight excluding hydrogens is 848 g/mol. The first-order chi connectivity index (χ1) is 30.1. The van der Waals surface area contributed by atoms with E-state index >= 15 is 0 Å². The van der Waals surface area contributed by atoms with Gasteiger partial charge in [0.05, 0.1) is 25.3 Å². The molecule has 344 valence electrons. The van der Waals surface area contributed by atoms with Crippen LogP contribution in [0.5, 0.6) is 0 Å². The molecule has 0 aliphatic heterocycles. The maximum atomic E-state index is 14.0. The number of carboxylic acids is 5. The van der Waals surface area contributed by atoms with Gasteiger partial charge in [-0.05, 0) is 30.5 Å². The highest BCUT2D eigenvalue weighted by molar-refractivity contribution is 5.99. The number of carbonyl (C=O) groups is 11. The van der Waals surface area contributed by atoms with E-state index in [0.717, 1.165) is 6.92 Å². The van der Waals surface area contributed by atoms with Gasteiger partial charge in [0.1, 0.15) is 36.3 Å². The number of carboxylic acid groups (broad SMARTS) is 5. The van der Waals surface area contributed by atoms with Crippen LogP contribution in [-0.4, -0.2) is 138 Å². The minimum Gasteiger partial charge on any atom is -0.481 e. The molecule has 24 heteroatoms. The number of nitrogens with two attached hydrogens (primary N) is 1. The molecule has 6 amide bonds. The lowest BCUT2D eigenvalue weighted by atomic mass is 10.0. The molecule has 0 fully saturated rings. The molecular formula is C40H48N8O16. The second-order valence-corrected chi connectivity index (χ2v) is 14.5. The van der Waals surface area contributed by atoms with E-state index in [9.17, 15) is 73.2 Å². The van der Waals surface area contributed by atoms with Gasteiger partial charge in [-0.3, -0.25) is 47.9 Å². The molecule has 3 aromatic rings. The highest BCUT2D eigenvalue weighted by atomic mass is 16.4. The van der Waals surface area contributed by atoms with E-state index < -0.39 is 133 Å². The van der Waals surface area contributed by atoms with Crippen LogP contribution in [0.1, 0.15) is 50.2 Å². The molecule has 64 heavy (non-hydrogen) atoms. The van der Waals surface area contributed by atoms with Gasteiger partial charge in [-0.25, -0.2) is 4.79 Å². The van der Waals surface area contributed by atoms with Crippen molar-refractivity contribution in [3.05, 3.63) is 71.9 Å². The van der Waals surface area contributed by atoms with Gasteiger partial charge in [-0.1, -0.05) is 48.5 Å². The molecule has 1 heterocycles. The Morgan fingerprint density at radius 2 is 0.984 bits per heavy atom. The predicted octanol–water partition coefficient (Wildman–Crippen LogP) is -2.42. The molecule has 0 aliphatic carbocycles. The number of aromatic amines is 1. The number of aliphatic carboxylic acids is 5. The van der Waals surface area contributed by atoms with E-state index in [-0.39, 0.29) is 19.3 Å². The van der Waals surface area contributed by atoms with Gasteiger partial charge in [0.2, 0.25) is 35.4 Å². The molecule has 1 aromatic heterocycles. The van der Waals surface area contributed by atoms with Gasteiger partial charge in [-0.15, -0.1) is 0 Å². The number of hydrogen-bond donors (Lipinski definition) is 13. The third-order valence-corrected chi connectivity index (χ3v) is 9.42. The Labute approximate surface area is 362 Å². The molecule has 14 N–H and O–H groups in total. The van der Waals surface area contributed by atoms with E-state index in [1.807, 2.05) is 0 Å². The molecule has 0 saturated heterocycles. The number of amides is 6. The van der Waals surface area contributed by atoms with Gasteiger partial charge < -0.3 is 68.2 Å². The van der Waals surface area contributed by atoms with Crippen LogP contribution in [-0.2, 0) is 65.6 Å².